The number of hydrogen-bond acceptors (Lipinski definition) is 3. The molecule has 4 heteroatoms. The predicted molar refractivity (Wildman–Crippen MR) is 70.8 cm³/mol. The third-order valence-corrected chi connectivity index (χ3v) is 2.41. The van der Waals surface area contributed by atoms with Gasteiger partial charge in [0.15, 0.2) is 0 Å². The Kier molecular flexibility index (Phi) is 3.46. The highest BCUT2D eigenvalue weighted by Gasteiger charge is 2.09. The molecule has 0 radical (unpaired) electrons. The molecule has 94 valence electrons. The highest BCUT2D eigenvalue weighted by Crippen LogP contribution is 2.28. The molecule has 1 aromatic heterocycles. The number of benzene rings is 1. The lowest BCUT2D eigenvalue weighted by molar-refractivity contribution is 0.243. The zero-order valence-corrected chi connectivity index (χ0v) is 10.7. The van der Waals surface area contributed by atoms with Gasteiger partial charge in [-0.25, -0.2) is 4.79 Å². The van der Waals surface area contributed by atoms with Crippen molar-refractivity contribution >= 4 is 0 Å². The van der Waals surface area contributed by atoms with E-state index in [0.717, 1.165) is 17.0 Å². The van der Waals surface area contributed by atoms with Crippen molar-refractivity contribution in [2.24, 2.45) is 0 Å². The monoisotopic (exact) mass is 244 g/mol. The molecular formula is C14H16N2O2. The molecule has 0 amide bonds. The van der Waals surface area contributed by atoms with E-state index in [2.05, 4.69) is 9.97 Å². The van der Waals surface area contributed by atoms with Gasteiger partial charge in [0, 0.05) is 11.3 Å². The number of rotatable bonds is 3. The molecule has 0 saturated carbocycles. The van der Waals surface area contributed by atoms with Crippen molar-refractivity contribution in [3.8, 4) is 17.0 Å². The third kappa shape index (κ3) is 2.77. The number of aromatic amines is 1. The number of para-hydroxylation sites is 1. The minimum Gasteiger partial charge on any atom is -0.490 e. The maximum Gasteiger partial charge on any atom is 0.345 e. The van der Waals surface area contributed by atoms with E-state index in [0.29, 0.717) is 5.69 Å². The first-order chi connectivity index (χ1) is 8.56. The van der Waals surface area contributed by atoms with Crippen LogP contribution in [0.15, 0.2) is 35.1 Å². The molecular weight excluding hydrogens is 228 g/mol. The molecule has 0 spiro atoms. The van der Waals surface area contributed by atoms with Crippen molar-refractivity contribution in [1.29, 1.82) is 0 Å². The van der Waals surface area contributed by atoms with Crippen LogP contribution in [0.2, 0.25) is 0 Å². The normalized spacial score (nSPS) is 10.7. The van der Waals surface area contributed by atoms with Crippen LogP contribution in [0, 0.1) is 6.92 Å². The van der Waals surface area contributed by atoms with Crippen LogP contribution in [0.3, 0.4) is 0 Å². The van der Waals surface area contributed by atoms with Crippen molar-refractivity contribution in [3.63, 3.8) is 0 Å². The number of nitrogens with zero attached hydrogens (tertiary/aromatic N) is 1. The summed E-state index contributed by atoms with van der Waals surface area (Å²) in [6, 6.07) is 9.43. The Hall–Kier alpha value is -2.10. The van der Waals surface area contributed by atoms with Crippen LogP contribution < -0.4 is 10.4 Å². The summed E-state index contributed by atoms with van der Waals surface area (Å²) in [7, 11) is 0. The molecule has 0 aliphatic rings. The quantitative estimate of drug-likeness (QED) is 0.902. The van der Waals surface area contributed by atoms with Crippen molar-refractivity contribution in [2.75, 3.05) is 0 Å². The van der Waals surface area contributed by atoms with Gasteiger partial charge in [-0.3, -0.25) is 0 Å². The number of aromatic nitrogens is 2. The second-order valence-electron chi connectivity index (χ2n) is 4.42. The summed E-state index contributed by atoms with van der Waals surface area (Å²) >= 11 is 0. The van der Waals surface area contributed by atoms with Crippen molar-refractivity contribution < 1.29 is 4.74 Å². The van der Waals surface area contributed by atoms with Crippen LogP contribution >= 0.6 is 0 Å². The third-order valence-electron chi connectivity index (χ3n) is 2.41. The van der Waals surface area contributed by atoms with Gasteiger partial charge in [-0.1, -0.05) is 12.1 Å². The molecule has 0 saturated heterocycles. The van der Waals surface area contributed by atoms with E-state index in [4.69, 9.17) is 4.74 Å². The standard InChI is InChI=1S/C14H16N2O2/c1-9(2)18-13-7-5-4-6-11(13)12-8-10(3)15-14(17)16-12/h4-9H,1-3H3,(H,15,16,17). The van der Waals surface area contributed by atoms with Gasteiger partial charge in [-0.15, -0.1) is 0 Å². The molecule has 0 aliphatic heterocycles. The average molecular weight is 244 g/mol. The summed E-state index contributed by atoms with van der Waals surface area (Å²) in [6.45, 7) is 5.76. The van der Waals surface area contributed by atoms with Gasteiger partial charge >= 0.3 is 5.69 Å². The minimum atomic E-state index is -0.343. The van der Waals surface area contributed by atoms with E-state index in [1.54, 1.807) is 0 Å². The zero-order chi connectivity index (χ0) is 13.1. The van der Waals surface area contributed by atoms with E-state index in [-0.39, 0.29) is 11.8 Å². The largest absolute Gasteiger partial charge is 0.490 e. The van der Waals surface area contributed by atoms with Crippen molar-refractivity contribution in [1.82, 2.24) is 9.97 Å². The fourth-order valence-corrected chi connectivity index (χ4v) is 1.75. The first-order valence-corrected chi connectivity index (χ1v) is 5.90. The summed E-state index contributed by atoms with van der Waals surface area (Å²) in [6.07, 6.45) is 0.0780. The Morgan fingerprint density at radius 2 is 2.00 bits per heavy atom. The molecule has 2 rings (SSSR count). The van der Waals surface area contributed by atoms with Crippen LogP contribution in [0.4, 0.5) is 0 Å². The lowest BCUT2D eigenvalue weighted by Gasteiger charge is -2.13. The fourth-order valence-electron chi connectivity index (χ4n) is 1.75. The van der Waals surface area contributed by atoms with Gasteiger partial charge in [0.2, 0.25) is 0 Å². The lowest BCUT2D eigenvalue weighted by Crippen LogP contribution is -2.13. The topological polar surface area (TPSA) is 55.0 Å². The second-order valence-corrected chi connectivity index (χ2v) is 4.42. The smallest absolute Gasteiger partial charge is 0.345 e. The number of ether oxygens (including phenoxy) is 1. The van der Waals surface area contributed by atoms with Gasteiger partial charge in [0.1, 0.15) is 5.75 Å². The summed E-state index contributed by atoms with van der Waals surface area (Å²) in [4.78, 5) is 18.0. The van der Waals surface area contributed by atoms with E-state index in [9.17, 15) is 4.79 Å². The fraction of sp³-hybridized carbons (Fsp3) is 0.286. The van der Waals surface area contributed by atoms with Gasteiger partial charge in [-0.2, -0.15) is 4.98 Å². The molecule has 2 aromatic rings. The molecule has 0 bridgehead atoms. The maximum atomic E-state index is 11.4. The average Bonchev–Trinajstić information content (AvgIpc) is 2.27. The van der Waals surface area contributed by atoms with Crippen LogP contribution in [-0.2, 0) is 0 Å². The molecule has 1 heterocycles. The Labute approximate surface area is 106 Å². The highest BCUT2D eigenvalue weighted by atomic mass is 16.5. The van der Waals surface area contributed by atoms with Crippen LogP contribution in [-0.4, -0.2) is 16.1 Å². The van der Waals surface area contributed by atoms with E-state index >= 15 is 0 Å². The summed E-state index contributed by atoms with van der Waals surface area (Å²) in [5.74, 6) is 0.741. The number of H-pyrrole nitrogens is 1. The Bertz CT molecular complexity index is 603. The number of hydrogen-bond donors (Lipinski definition) is 1. The second kappa shape index (κ2) is 5.04. The number of aryl methyl sites for hydroxylation is 1. The first kappa shape index (κ1) is 12.4. The predicted octanol–water partition coefficient (Wildman–Crippen LogP) is 2.53. The van der Waals surface area contributed by atoms with E-state index < -0.39 is 0 Å². The minimum absolute atomic E-state index is 0.0780. The van der Waals surface area contributed by atoms with Gasteiger partial charge in [0.25, 0.3) is 0 Å². The number of nitrogens with one attached hydrogen (secondary N) is 1. The highest BCUT2D eigenvalue weighted by molar-refractivity contribution is 5.67. The maximum absolute atomic E-state index is 11.4. The molecule has 0 atom stereocenters. The molecule has 18 heavy (non-hydrogen) atoms. The lowest BCUT2D eigenvalue weighted by atomic mass is 10.1. The Balaban J connectivity index is 2.52. The van der Waals surface area contributed by atoms with Gasteiger partial charge in [0.05, 0.1) is 11.8 Å². The molecule has 0 unspecified atom stereocenters. The molecule has 1 N–H and O–H groups in total. The van der Waals surface area contributed by atoms with Crippen molar-refractivity contribution in [2.45, 2.75) is 26.9 Å². The Morgan fingerprint density at radius 1 is 1.28 bits per heavy atom. The van der Waals surface area contributed by atoms with E-state index in [1.165, 1.54) is 0 Å². The van der Waals surface area contributed by atoms with Crippen molar-refractivity contribution in [3.05, 3.63) is 46.5 Å². The summed E-state index contributed by atoms with van der Waals surface area (Å²) < 4.78 is 5.73. The van der Waals surface area contributed by atoms with Crippen LogP contribution in [0.1, 0.15) is 19.5 Å². The zero-order valence-electron chi connectivity index (χ0n) is 10.7. The van der Waals surface area contributed by atoms with Crippen LogP contribution in [0.5, 0.6) is 5.75 Å². The Morgan fingerprint density at radius 3 is 2.67 bits per heavy atom. The van der Waals surface area contributed by atoms with E-state index in [1.807, 2.05) is 51.1 Å². The summed E-state index contributed by atoms with van der Waals surface area (Å²) in [5, 5.41) is 0. The molecule has 0 aliphatic carbocycles. The molecule has 0 fully saturated rings. The van der Waals surface area contributed by atoms with Crippen LogP contribution in [0.25, 0.3) is 11.3 Å². The van der Waals surface area contributed by atoms with Gasteiger partial charge in [-0.05, 0) is 39.0 Å². The van der Waals surface area contributed by atoms with Gasteiger partial charge < -0.3 is 9.72 Å². The summed E-state index contributed by atoms with van der Waals surface area (Å²) in [5.41, 5.74) is 1.90. The molecule has 1 aromatic carbocycles. The first-order valence-electron chi connectivity index (χ1n) is 5.90. The molecule has 4 nitrogen and oxygen atoms in total. The SMILES string of the molecule is Cc1cc(-c2ccccc2OC(C)C)nc(=O)[nH]1.